The third kappa shape index (κ3) is 2.80. The molecule has 1 N–H and O–H groups in total. The van der Waals surface area contributed by atoms with Crippen molar-refractivity contribution in [3.05, 3.63) is 63.4 Å². The second-order valence-corrected chi connectivity index (χ2v) is 5.09. The van der Waals surface area contributed by atoms with E-state index in [1.54, 1.807) is 6.07 Å². The molecule has 100 valence electrons. The van der Waals surface area contributed by atoms with E-state index in [0.29, 0.717) is 15.8 Å². The Labute approximate surface area is 120 Å². The number of halogens is 2. The molecule has 4 heteroatoms. The summed E-state index contributed by atoms with van der Waals surface area (Å²) in [4.78, 5) is 0. The Morgan fingerprint density at radius 1 is 1.26 bits per heavy atom. The fourth-order valence-corrected chi connectivity index (χ4v) is 2.66. The van der Waals surface area contributed by atoms with Crippen LogP contribution in [-0.2, 0) is 0 Å². The van der Waals surface area contributed by atoms with Crippen LogP contribution in [0.4, 0.5) is 4.39 Å². The Balaban J connectivity index is 2.52. The molecule has 0 aliphatic rings. The lowest BCUT2D eigenvalue weighted by molar-refractivity contribution is 0.213. The molecule has 0 fully saturated rings. The van der Waals surface area contributed by atoms with Crippen LogP contribution in [0.15, 0.2) is 40.9 Å². The molecule has 0 radical (unpaired) electrons. The van der Waals surface area contributed by atoms with E-state index in [1.165, 1.54) is 19.2 Å². The summed E-state index contributed by atoms with van der Waals surface area (Å²) in [6, 6.07) is 10.2. The predicted molar refractivity (Wildman–Crippen MR) is 75.9 cm³/mol. The molecule has 0 aliphatic heterocycles. The summed E-state index contributed by atoms with van der Waals surface area (Å²) in [6.07, 6.45) is -1.04. The van der Waals surface area contributed by atoms with Gasteiger partial charge >= 0.3 is 0 Å². The first kappa shape index (κ1) is 14.0. The van der Waals surface area contributed by atoms with Crippen LogP contribution in [0, 0.1) is 12.7 Å². The number of benzene rings is 2. The molecule has 0 heterocycles. The van der Waals surface area contributed by atoms with Crippen LogP contribution < -0.4 is 4.74 Å². The fraction of sp³-hybridized carbons (Fsp3) is 0.200. The lowest BCUT2D eigenvalue weighted by atomic mass is 9.99. The minimum Gasteiger partial charge on any atom is -0.496 e. The van der Waals surface area contributed by atoms with Crippen LogP contribution in [0.25, 0.3) is 0 Å². The van der Waals surface area contributed by atoms with E-state index in [2.05, 4.69) is 15.9 Å². The first-order valence-electron chi connectivity index (χ1n) is 5.81. The van der Waals surface area contributed by atoms with Crippen LogP contribution in [0.3, 0.4) is 0 Å². The van der Waals surface area contributed by atoms with E-state index >= 15 is 0 Å². The van der Waals surface area contributed by atoms with E-state index in [1.807, 2.05) is 25.1 Å². The maximum atomic E-state index is 14.0. The lowest BCUT2D eigenvalue weighted by Crippen LogP contribution is -2.05. The summed E-state index contributed by atoms with van der Waals surface area (Å²) in [6.45, 7) is 1.92. The van der Waals surface area contributed by atoms with Gasteiger partial charge in [0.1, 0.15) is 17.7 Å². The minimum absolute atomic E-state index is 0.185. The third-order valence-electron chi connectivity index (χ3n) is 2.94. The predicted octanol–water partition coefficient (Wildman–Crippen LogP) is 3.99. The largest absolute Gasteiger partial charge is 0.496 e. The monoisotopic (exact) mass is 324 g/mol. The van der Waals surface area contributed by atoms with Gasteiger partial charge in [-0.2, -0.15) is 0 Å². The van der Waals surface area contributed by atoms with Gasteiger partial charge in [-0.1, -0.05) is 29.8 Å². The first-order chi connectivity index (χ1) is 9.04. The smallest absolute Gasteiger partial charge is 0.133 e. The van der Waals surface area contributed by atoms with E-state index in [0.717, 1.165) is 5.56 Å². The number of hydrogen-bond donors (Lipinski definition) is 1. The molecule has 1 unspecified atom stereocenters. The van der Waals surface area contributed by atoms with Gasteiger partial charge in [0.15, 0.2) is 0 Å². The lowest BCUT2D eigenvalue weighted by Gasteiger charge is -2.16. The molecule has 2 rings (SSSR count). The molecule has 0 spiro atoms. The molecule has 19 heavy (non-hydrogen) atoms. The van der Waals surface area contributed by atoms with Gasteiger partial charge in [-0.15, -0.1) is 0 Å². The molecule has 2 aromatic rings. The summed E-state index contributed by atoms with van der Waals surface area (Å²) in [5, 5.41) is 10.4. The molecule has 0 saturated carbocycles. The fourth-order valence-electron chi connectivity index (χ4n) is 1.96. The topological polar surface area (TPSA) is 29.5 Å². The number of hydrogen-bond acceptors (Lipinski definition) is 2. The number of rotatable bonds is 3. The number of ether oxygens (including phenoxy) is 1. The third-order valence-corrected chi connectivity index (χ3v) is 3.76. The molecule has 0 aliphatic carbocycles. The highest BCUT2D eigenvalue weighted by Crippen LogP contribution is 2.36. The Kier molecular flexibility index (Phi) is 4.22. The van der Waals surface area contributed by atoms with Gasteiger partial charge in [0.05, 0.1) is 11.6 Å². The SMILES string of the molecule is COc1ccc(F)c(C(O)c2cccc(C)c2)c1Br. The Bertz CT molecular complexity index is 599. The van der Waals surface area contributed by atoms with Gasteiger partial charge in [0.25, 0.3) is 0 Å². The van der Waals surface area contributed by atoms with Crippen molar-refractivity contribution in [2.45, 2.75) is 13.0 Å². The van der Waals surface area contributed by atoms with E-state index in [9.17, 15) is 9.50 Å². The quantitative estimate of drug-likeness (QED) is 0.925. The molecular formula is C15H14BrFO2. The second kappa shape index (κ2) is 5.72. The summed E-state index contributed by atoms with van der Waals surface area (Å²) in [5.41, 5.74) is 1.84. The molecule has 1 atom stereocenters. The molecule has 2 nitrogen and oxygen atoms in total. The maximum absolute atomic E-state index is 14.0. The molecule has 0 aromatic heterocycles. The molecular weight excluding hydrogens is 311 g/mol. The highest BCUT2D eigenvalue weighted by atomic mass is 79.9. The number of aliphatic hydroxyl groups is 1. The van der Waals surface area contributed by atoms with Crippen LogP contribution >= 0.6 is 15.9 Å². The number of aliphatic hydroxyl groups excluding tert-OH is 1. The van der Waals surface area contributed by atoms with Gasteiger partial charge in [-0.3, -0.25) is 0 Å². The average Bonchev–Trinajstić information content (AvgIpc) is 2.39. The van der Waals surface area contributed by atoms with Crippen LogP contribution in [0.1, 0.15) is 22.8 Å². The van der Waals surface area contributed by atoms with Crippen LogP contribution in [0.2, 0.25) is 0 Å². The van der Waals surface area contributed by atoms with Gasteiger partial charge in [-0.25, -0.2) is 4.39 Å². The van der Waals surface area contributed by atoms with Crippen LogP contribution in [0.5, 0.6) is 5.75 Å². The maximum Gasteiger partial charge on any atom is 0.133 e. The standard InChI is InChI=1S/C15H14BrFO2/c1-9-4-3-5-10(8-9)15(18)13-11(17)6-7-12(19-2)14(13)16/h3-8,15,18H,1-2H3. The van der Waals surface area contributed by atoms with Gasteiger partial charge < -0.3 is 9.84 Å². The van der Waals surface area contributed by atoms with E-state index in [4.69, 9.17) is 4.74 Å². The zero-order valence-corrected chi connectivity index (χ0v) is 12.2. The first-order valence-corrected chi connectivity index (χ1v) is 6.60. The minimum atomic E-state index is -1.04. The summed E-state index contributed by atoms with van der Waals surface area (Å²) < 4.78 is 19.5. The Morgan fingerprint density at radius 3 is 2.63 bits per heavy atom. The van der Waals surface area contributed by atoms with Crippen LogP contribution in [-0.4, -0.2) is 12.2 Å². The zero-order valence-electron chi connectivity index (χ0n) is 10.7. The summed E-state index contributed by atoms with van der Waals surface area (Å²) in [7, 11) is 1.50. The summed E-state index contributed by atoms with van der Waals surface area (Å²) >= 11 is 3.28. The van der Waals surface area contributed by atoms with Crippen molar-refractivity contribution < 1.29 is 14.2 Å². The van der Waals surface area contributed by atoms with Crippen molar-refractivity contribution in [3.8, 4) is 5.75 Å². The van der Waals surface area contributed by atoms with Gasteiger partial charge in [0, 0.05) is 5.56 Å². The van der Waals surface area contributed by atoms with E-state index in [-0.39, 0.29) is 5.56 Å². The van der Waals surface area contributed by atoms with Crippen molar-refractivity contribution in [3.63, 3.8) is 0 Å². The van der Waals surface area contributed by atoms with Crippen molar-refractivity contribution in [1.29, 1.82) is 0 Å². The Morgan fingerprint density at radius 2 is 2.00 bits per heavy atom. The Hall–Kier alpha value is -1.39. The molecule has 2 aromatic carbocycles. The number of aryl methyl sites for hydroxylation is 1. The second-order valence-electron chi connectivity index (χ2n) is 4.29. The van der Waals surface area contributed by atoms with E-state index < -0.39 is 11.9 Å². The van der Waals surface area contributed by atoms with Gasteiger partial charge in [0.2, 0.25) is 0 Å². The average molecular weight is 325 g/mol. The highest BCUT2D eigenvalue weighted by Gasteiger charge is 2.21. The normalized spacial score (nSPS) is 12.3. The van der Waals surface area contributed by atoms with Gasteiger partial charge in [-0.05, 0) is 40.5 Å². The van der Waals surface area contributed by atoms with Crippen molar-refractivity contribution in [2.75, 3.05) is 7.11 Å². The van der Waals surface area contributed by atoms with Crippen molar-refractivity contribution in [2.24, 2.45) is 0 Å². The highest BCUT2D eigenvalue weighted by molar-refractivity contribution is 9.10. The van der Waals surface area contributed by atoms with Crippen molar-refractivity contribution >= 4 is 15.9 Å². The molecule has 0 saturated heterocycles. The molecule has 0 bridgehead atoms. The zero-order chi connectivity index (χ0) is 14.0. The molecule has 0 amide bonds. The number of methoxy groups -OCH3 is 1. The summed E-state index contributed by atoms with van der Waals surface area (Å²) in [5.74, 6) is 0.0183. The van der Waals surface area contributed by atoms with Crippen molar-refractivity contribution in [1.82, 2.24) is 0 Å².